The van der Waals surface area contributed by atoms with Gasteiger partial charge in [0.05, 0.1) is 0 Å². The molecule has 1 amide bonds. The van der Waals surface area contributed by atoms with E-state index in [1.54, 1.807) is 0 Å². The molecule has 1 heterocycles. The fourth-order valence-corrected chi connectivity index (χ4v) is 2.58. The number of nitrogens with zero attached hydrogens (tertiary/aromatic N) is 1. The lowest BCUT2D eigenvalue weighted by Crippen LogP contribution is -2.36. The number of hydrogen-bond donors (Lipinski definition) is 2. The fourth-order valence-electron chi connectivity index (χ4n) is 2.58. The third-order valence-corrected chi connectivity index (χ3v) is 3.96. The van der Waals surface area contributed by atoms with E-state index < -0.39 is 0 Å². The molecule has 4 nitrogen and oxygen atoms in total. The average molecular weight is 253 g/mol. The number of likely N-dealkylation sites (tertiary alicyclic amines) is 1. The van der Waals surface area contributed by atoms with Crippen molar-refractivity contribution in [3.63, 3.8) is 0 Å². The van der Waals surface area contributed by atoms with Crippen LogP contribution in [0.5, 0.6) is 0 Å². The first kappa shape index (κ1) is 13.8. The molecule has 2 rings (SSSR count). The third-order valence-electron chi connectivity index (χ3n) is 3.96. The van der Waals surface area contributed by atoms with Gasteiger partial charge in [0.25, 0.3) is 0 Å². The molecule has 0 aromatic heterocycles. The molecule has 1 saturated heterocycles. The number of nitrogens with one attached hydrogen (secondary N) is 1. The number of amides is 1. The maximum absolute atomic E-state index is 11.7. The van der Waals surface area contributed by atoms with Gasteiger partial charge in [-0.25, -0.2) is 0 Å². The van der Waals surface area contributed by atoms with E-state index in [0.29, 0.717) is 12.3 Å². The molecule has 0 spiro atoms. The summed E-state index contributed by atoms with van der Waals surface area (Å²) in [6, 6.07) is 0.865. The van der Waals surface area contributed by atoms with Gasteiger partial charge in [-0.05, 0) is 52.0 Å². The fraction of sp³-hybridized carbons (Fsp3) is 0.929. The van der Waals surface area contributed by atoms with Gasteiger partial charge < -0.3 is 16.0 Å². The second-order valence-electron chi connectivity index (χ2n) is 6.67. The summed E-state index contributed by atoms with van der Waals surface area (Å²) in [5.41, 5.74) is 5.63. The van der Waals surface area contributed by atoms with Crippen molar-refractivity contribution >= 4 is 5.91 Å². The number of hydrogen-bond acceptors (Lipinski definition) is 3. The molecule has 1 aliphatic heterocycles. The molecule has 2 aliphatic rings. The quantitative estimate of drug-likeness (QED) is 0.745. The Hall–Kier alpha value is -0.610. The smallest absolute Gasteiger partial charge is 0.220 e. The first-order valence-electron chi connectivity index (χ1n) is 7.24. The number of rotatable bonds is 6. The van der Waals surface area contributed by atoms with E-state index in [2.05, 4.69) is 10.2 Å². The van der Waals surface area contributed by atoms with E-state index in [1.165, 1.54) is 32.4 Å². The molecule has 1 unspecified atom stereocenters. The monoisotopic (exact) mass is 253 g/mol. The Morgan fingerprint density at radius 3 is 2.72 bits per heavy atom. The van der Waals surface area contributed by atoms with Gasteiger partial charge in [-0.2, -0.15) is 0 Å². The Labute approximate surface area is 110 Å². The van der Waals surface area contributed by atoms with Gasteiger partial charge in [0.15, 0.2) is 0 Å². The Kier molecular flexibility index (Phi) is 4.28. The molecule has 3 N–H and O–H groups in total. The molecule has 0 aromatic rings. The summed E-state index contributed by atoms with van der Waals surface area (Å²) in [5.74, 6) is 0.804. The second kappa shape index (κ2) is 5.57. The Bertz CT molecular complexity index is 294. The highest BCUT2D eigenvalue weighted by Gasteiger charge is 2.34. The van der Waals surface area contributed by atoms with E-state index >= 15 is 0 Å². The average Bonchev–Trinajstić information content (AvgIpc) is 3.03. The molecule has 1 atom stereocenters. The normalized spacial score (nSPS) is 25.4. The van der Waals surface area contributed by atoms with Crippen molar-refractivity contribution in [3.05, 3.63) is 0 Å². The largest absolute Gasteiger partial charge is 0.356 e. The minimum absolute atomic E-state index is 0.151. The maximum atomic E-state index is 11.7. The maximum Gasteiger partial charge on any atom is 0.220 e. The van der Waals surface area contributed by atoms with Crippen LogP contribution in [0.15, 0.2) is 0 Å². The van der Waals surface area contributed by atoms with E-state index in [9.17, 15) is 4.79 Å². The van der Waals surface area contributed by atoms with Gasteiger partial charge in [-0.1, -0.05) is 0 Å². The van der Waals surface area contributed by atoms with Crippen molar-refractivity contribution in [3.8, 4) is 0 Å². The van der Waals surface area contributed by atoms with Gasteiger partial charge in [0.1, 0.15) is 0 Å². The van der Waals surface area contributed by atoms with Gasteiger partial charge >= 0.3 is 0 Å². The summed E-state index contributed by atoms with van der Waals surface area (Å²) < 4.78 is 0. The molecular weight excluding hydrogens is 226 g/mol. The summed E-state index contributed by atoms with van der Waals surface area (Å²) in [7, 11) is 0. The molecule has 4 heteroatoms. The van der Waals surface area contributed by atoms with Crippen LogP contribution in [0.3, 0.4) is 0 Å². The topological polar surface area (TPSA) is 58.4 Å². The first-order valence-corrected chi connectivity index (χ1v) is 7.24. The third kappa shape index (κ3) is 4.58. The van der Waals surface area contributed by atoms with Crippen molar-refractivity contribution in [1.82, 2.24) is 10.2 Å². The molecule has 104 valence electrons. The van der Waals surface area contributed by atoms with Crippen LogP contribution in [0, 0.1) is 5.92 Å². The SMILES string of the molecule is CC(C)(N)CCC(=O)NCC1CCN(C2CC2)C1. The van der Waals surface area contributed by atoms with Crippen LogP contribution in [0.4, 0.5) is 0 Å². The predicted molar refractivity (Wildman–Crippen MR) is 73.2 cm³/mol. The van der Waals surface area contributed by atoms with Crippen LogP contribution in [-0.2, 0) is 4.79 Å². The van der Waals surface area contributed by atoms with Crippen LogP contribution >= 0.6 is 0 Å². The molecule has 0 bridgehead atoms. The number of carbonyl (C=O) groups excluding carboxylic acids is 1. The zero-order chi connectivity index (χ0) is 13.2. The van der Waals surface area contributed by atoms with Crippen LogP contribution < -0.4 is 11.1 Å². The zero-order valence-corrected chi connectivity index (χ0v) is 11.7. The lowest BCUT2D eigenvalue weighted by Gasteiger charge is -2.18. The highest BCUT2D eigenvalue weighted by Crippen LogP contribution is 2.31. The summed E-state index contributed by atoms with van der Waals surface area (Å²) in [4.78, 5) is 14.3. The minimum atomic E-state index is -0.243. The molecule has 0 radical (unpaired) electrons. The van der Waals surface area contributed by atoms with Gasteiger partial charge in [-0.3, -0.25) is 4.79 Å². The van der Waals surface area contributed by atoms with Crippen molar-refractivity contribution in [2.75, 3.05) is 19.6 Å². The van der Waals surface area contributed by atoms with Crippen molar-refractivity contribution in [2.24, 2.45) is 11.7 Å². The first-order chi connectivity index (χ1) is 8.44. The van der Waals surface area contributed by atoms with E-state index in [0.717, 1.165) is 19.0 Å². The molecule has 2 fully saturated rings. The number of carbonyl (C=O) groups is 1. The molecule has 1 aliphatic carbocycles. The second-order valence-corrected chi connectivity index (χ2v) is 6.67. The lowest BCUT2D eigenvalue weighted by atomic mass is 10.00. The van der Waals surface area contributed by atoms with Gasteiger partial charge in [0.2, 0.25) is 5.91 Å². The van der Waals surface area contributed by atoms with Gasteiger partial charge in [-0.15, -0.1) is 0 Å². The molecule has 1 saturated carbocycles. The predicted octanol–water partition coefficient (Wildman–Crippen LogP) is 1.10. The van der Waals surface area contributed by atoms with Crippen LogP contribution in [0.1, 0.15) is 46.0 Å². The highest BCUT2D eigenvalue weighted by atomic mass is 16.1. The van der Waals surface area contributed by atoms with E-state index in [-0.39, 0.29) is 11.4 Å². The Morgan fingerprint density at radius 2 is 2.11 bits per heavy atom. The summed E-state index contributed by atoms with van der Waals surface area (Å²) in [6.45, 7) is 7.16. The van der Waals surface area contributed by atoms with Crippen molar-refractivity contribution in [2.45, 2.75) is 57.5 Å². The Morgan fingerprint density at radius 1 is 1.39 bits per heavy atom. The standard InChI is InChI=1S/C14H27N3O/c1-14(2,15)7-5-13(18)16-9-11-6-8-17(10-11)12-3-4-12/h11-12H,3-10,15H2,1-2H3,(H,16,18). The van der Waals surface area contributed by atoms with Crippen LogP contribution in [0.25, 0.3) is 0 Å². The summed E-state index contributed by atoms with van der Waals surface area (Å²) in [6.07, 6.45) is 5.29. The summed E-state index contributed by atoms with van der Waals surface area (Å²) >= 11 is 0. The van der Waals surface area contributed by atoms with Crippen molar-refractivity contribution in [1.29, 1.82) is 0 Å². The zero-order valence-electron chi connectivity index (χ0n) is 11.7. The lowest BCUT2D eigenvalue weighted by molar-refractivity contribution is -0.121. The van der Waals surface area contributed by atoms with Crippen molar-refractivity contribution < 1.29 is 4.79 Å². The molecule has 0 aromatic carbocycles. The highest BCUT2D eigenvalue weighted by molar-refractivity contribution is 5.75. The van der Waals surface area contributed by atoms with Crippen LogP contribution in [-0.4, -0.2) is 42.0 Å². The molecular formula is C14H27N3O. The van der Waals surface area contributed by atoms with Crippen LogP contribution in [0.2, 0.25) is 0 Å². The Balaban J connectivity index is 1.58. The van der Waals surface area contributed by atoms with E-state index in [4.69, 9.17) is 5.73 Å². The minimum Gasteiger partial charge on any atom is -0.356 e. The van der Waals surface area contributed by atoms with E-state index in [1.807, 2.05) is 13.8 Å². The molecule has 18 heavy (non-hydrogen) atoms. The van der Waals surface area contributed by atoms with Gasteiger partial charge in [0, 0.05) is 31.1 Å². The number of nitrogens with two attached hydrogens (primary N) is 1. The summed E-state index contributed by atoms with van der Waals surface area (Å²) in [5, 5.41) is 3.06.